The Morgan fingerprint density at radius 2 is 1.63 bits per heavy atom. The van der Waals surface area contributed by atoms with E-state index >= 15 is 0 Å². The molecule has 0 atom stereocenters. The van der Waals surface area contributed by atoms with Gasteiger partial charge in [-0.05, 0) is 32.9 Å². The van der Waals surface area contributed by atoms with Gasteiger partial charge in [-0.3, -0.25) is 4.79 Å². The Morgan fingerprint density at radius 1 is 1.00 bits per heavy atom. The van der Waals surface area contributed by atoms with E-state index in [0.29, 0.717) is 45.0 Å². The van der Waals surface area contributed by atoms with Gasteiger partial charge in [0.05, 0.1) is 18.8 Å². The van der Waals surface area contributed by atoms with Crippen molar-refractivity contribution in [2.24, 2.45) is 0 Å². The first-order valence-corrected chi connectivity index (χ1v) is 9.39. The van der Waals surface area contributed by atoms with Gasteiger partial charge >= 0.3 is 6.09 Å². The van der Waals surface area contributed by atoms with Gasteiger partial charge in [0.25, 0.3) is 5.91 Å². The summed E-state index contributed by atoms with van der Waals surface area (Å²) in [5.41, 5.74) is 0.0514. The van der Waals surface area contributed by atoms with Gasteiger partial charge in [-0.25, -0.2) is 9.78 Å². The Balaban J connectivity index is 1.54. The molecule has 3 heterocycles. The summed E-state index contributed by atoms with van der Waals surface area (Å²) in [5, 5.41) is 0. The summed E-state index contributed by atoms with van der Waals surface area (Å²) in [6.45, 7) is 10.5. The Morgan fingerprint density at radius 3 is 2.19 bits per heavy atom. The van der Waals surface area contributed by atoms with E-state index in [1.807, 2.05) is 32.9 Å². The van der Waals surface area contributed by atoms with Gasteiger partial charge in [-0.2, -0.15) is 0 Å². The quantitative estimate of drug-likeness (QED) is 0.781. The first-order chi connectivity index (χ1) is 12.8. The molecule has 0 N–H and O–H groups in total. The van der Waals surface area contributed by atoms with E-state index in [9.17, 15) is 9.59 Å². The molecule has 2 fully saturated rings. The third kappa shape index (κ3) is 5.09. The van der Waals surface area contributed by atoms with Crippen molar-refractivity contribution in [1.29, 1.82) is 0 Å². The predicted octanol–water partition coefficient (Wildman–Crippen LogP) is 1.61. The lowest BCUT2D eigenvalue weighted by Gasteiger charge is -2.35. The summed E-state index contributed by atoms with van der Waals surface area (Å²) < 4.78 is 10.7. The first-order valence-electron chi connectivity index (χ1n) is 9.39. The number of morpholine rings is 1. The number of hydrogen-bond acceptors (Lipinski definition) is 6. The highest BCUT2D eigenvalue weighted by Crippen LogP contribution is 2.16. The number of pyridine rings is 1. The van der Waals surface area contributed by atoms with Crippen LogP contribution in [0.15, 0.2) is 18.3 Å². The summed E-state index contributed by atoms with van der Waals surface area (Å²) in [5.74, 6) is 0.810. The molecule has 0 bridgehead atoms. The second-order valence-electron chi connectivity index (χ2n) is 7.76. The lowest BCUT2D eigenvalue weighted by atomic mass is 10.2. The van der Waals surface area contributed by atoms with Gasteiger partial charge in [0.15, 0.2) is 0 Å². The highest BCUT2D eigenvalue weighted by molar-refractivity contribution is 5.94. The zero-order valence-corrected chi connectivity index (χ0v) is 16.3. The summed E-state index contributed by atoms with van der Waals surface area (Å²) in [6, 6.07) is 3.70. The highest BCUT2D eigenvalue weighted by Gasteiger charge is 2.28. The van der Waals surface area contributed by atoms with Gasteiger partial charge in [-0.15, -0.1) is 0 Å². The molecule has 8 heteroatoms. The van der Waals surface area contributed by atoms with Crippen molar-refractivity contribution in [3.05, 3.63) is 23.9 Å². The number of aromatic nitrogens is 1. The molecule has 0 aliphatic carbocycles. The van der Waals surface area contributed by atoms with Crippen LogP contribution >= 0.6 is 0 Å². The minimum atomic E-state index is -0.516. The molecule has 1 aromatic rings. The van der Waals surface area contributed by atoms with Crippen LogP contribution in [-0.4, -0.2) is 84.9 Å². The molecule has 0 aromatic carbocycles. The van der Waals surface area contributed by atoms with Crippen LogP contribution in [0.1, 0.15) is 31.1 Å². The number of nitrogens with zero attached hydrogens (tertiary/aromatic N) is 4. The van der Waals surface area contributed by atoms with E-state index in [0.717, 1.165) is 18.9 Å². The highest BCUT2D eigenvalue weighted by atomic mass is 16.6. The van der Waals surface area contributed by atoms with Gasteiger partial charge < -0.3 is 24.2 Å². The molecule has 2 aliphatic rings. The molecule has 2 saturated heterocycles. The van der Waals surface area contributed by atoms with Crippen molar-refractivity contribution in [3.63, 3.8) is 0 Å². The Labute approximate surface area is 160 Å². The Hall–Kier alpha value is -2.35. The van der Waals surface area contributed by atoms with Crippen LogP contribution in [0.5, 0.6) is 0 Å². The lowest BCUT2D eigenvalue weighted by molar-refractivity contribution is 0.0141. The Bertz CT molecular complexity index is 657. The number of amides is 2. The summed E-state index contributed by atoms with van der Waals surface area (Å²) >= 11 is 0. The van der Waals surface area contributed by atoms with E-state index < -0.39 is 5.60 Å². The molecule has 0 saturated carbocycles. The maximum atomic E-state index is 12.7. The van der Waals surface area contributed by atoms with Gasteiger partial charge in [0, 0.05) is 45.5 Å². The normalized spacial score (nSPS) is 18.4. The Kier molecular flexibility index (Phi) is 5.84. The SMILES string of the molecule is CC(C)(C)OC(=O)N1CCN(C(=O)c2ccc(N3CCOCC3)nc2)CC1. The maximum absolute atomic E-state index is 12.7. The third-order valence-corrected chi connectivity index (χ3v) is 4.55. The third-order valence-electron chi connectivity index (χ3n) is 4.55. The number of piperazine rings is 1. The van der Waals surface area contributed by atoms with Crippen LogP contribution < -0.4 is 4.90 Å². The monoisotopic (exact) mass is 376 g/mol. The fourth-order valence-corrected chi connectivity index (χ4v) is 3.09. The molecule has 0 radical (unpaired) electrons. The fraction of sp³-hybridized carbons (Fsp3) is 0.632. The molecule has 148 valence electrons. The molecule has 0 unspecified atom stereocenters. The standard InChI is InChI=1S/C19H28N4O4/c1-19(2,3)27-18(25)23-8-6-22(7-9-23)17(24)15-4-5-16(20-14-15)21-10-12-26-13-11-21/h4-5,14H,6-13H2,1-3H3. The average molecular weight is 376 g/mol. The zero-order chi connectivity index (χ0) is 19.4. The summed E-state index contributed by atoms with van der Waals surface area (Å²) in [7, 11) is 0. The molecule has 8 nitrogen and oxygen atoms in total. The topological polar surface area (TPSA) is 75.2 Å². The van der Waals surface area contributed by atoms with Crippen LogP contribution in [-0.2, 0) is 9.47 Å². The lowest BCUT2D eigenvalue weighted by Crippen LogP contribution is -2.51. The predicted molar refractivity (Wildman–Crippen MR) is 101 cm³/mol. The van der Waals surface area contributed by atoms with E-state index in [1.165, 1.54) is 0 Å². The van der Waals surface area contributed by atoms with E-state index in [4.69, 9.17) is 9.47 Å². The van der Waals surface area contributed by atoms with E-state index in [-0.39, 0.29) is 12.0 Å². The van der Waals surface area contributed by atoms with Crippen molar-refractivity contribution in [1.82, 2.24) is 14.8 Å². The van der Waals surface area contributed by atoms with Crippen molar-refractivity contribution < 1.29 is 19.1 Å². The summed E-state index contributed by atoms with van der Waals surface area (Å²) in [4.78, 5) is 34.8. The summed E-state index contributed by atoms with van der Waals surface area (Å²) in [6.07, 6.45) is 1.30. The van der Waals surface area contributed by atoms with Crippen LogP contribution in [0.4, 0.5) is 10.6 Å². The molecule has 27 heavy (non-hydrogen) atoms. The van der Waals surface area contributed by atoms with E-state index in [1.54, 1.807) is 16.0 Å². The minimum absolute atomic E-state index is 0.0557. The van der Waals surface area contributed by atoms with Gasteiger partial charge in [-0.1, -0.05) is 0 Å². The molecule has 2 aliphatic heterocycles. The maximum Gasteiger partial charge on any atom is 0.410 e. The van der Waals surface area contributed by atoms with Crippen molar-refractivity contribution in [2.75, 3.05) is 57.4 Å². The molecule has 0 spiro atoms. The van der Waals surface area contributed by atoms with Gasteiger partial charge in [0.2, 0.25) is 0 Å². The number of rotatable bonds is 2. The van der Waals surface area contributed by atoms with Crippen molar-refractivity contribution in [3.8, 4) is 0 Å². The van der Waals surface area contributed by atoms with Crippen LogP contribution in [0, 0.1) is 0 Å². The van der Waals surface area contributed by atoms with Crippen molar-refractivity contribution in [2.45, 2.75) is 26.4 Å². The van der Waals surface area contributed by atoms with Crippen LogP contribution in [0.25, 0.3) is 0 Å². The number of carbonyl (C=O) groups is 2. The number of hydrogen-bond donors (Lipinski definition) is 0. The zero-order valence-electron chi connectivity index (χ0n) is 16.3. The largest absolute Gasteiger partial charge is 0.444 e. The second kappa shape index (κ2) is 8.12. The van der Waals surface area contributed by atoms with Crippen molar-refractivity contribution >= 4 is 17.8 Å². The smallest absolute Gasteiger partial charge is 0.410 e. The van der Waals surface area contributed by atoms with Crippen LogP contribution in [0.2, 0.25) is 0 Å². The fourth-order valence-electron chi connectivity index (χ4n) is 3.09. The van der Waals surface area contributed by atoms with Gasteiger partial charge in [0.1, 0.15) is 11.4 Å². The second-order valence-corrected chi connectivity index (χ2v) is 7.76. The molecule has 1 aromatic heterocycles. The number of ether oxygens (including phenoxy) is 2. The number of anilines is 1. The molecule has 3 rings (SSSR count). The average Bonchev–Trinajstić information content (AvgIpc) is 2.67. The van der Waals surface area contributed by atoms with Crippen LogP contribution in [0.3, 0.4) is 0 Å². The van der Waals surface area contributed by atoms with E-state index in [2.05, 4.69) is 9.88 Å². The minimum Gasteiger partial charge on any atom is -0.444 e. The first kappa shape index (κ1) is 19.4. The number of carbonyl (C=O) groups excluding carboxylic acids is 2. The molecular weight excluding hydrogens is 348 g/mol. The molecular formula is C19H28N4O4. The molecule has 2 amide bonds.